The number of halogens is 1. The zero-order valence-electron chi connectivity index (χ0n) is 11.9. The number of phenols is 1. The van der Waals surface area contributed by atoms with Crippen molar-refractivity contribution in [3.63, 3.8) is 0 Å². The molecule has 2 rings (SSSR count). The Morgan fingerprint density at radius 2 is 2.00 bits per heavy atom. The number of nitrogens with one attached hydrogen (secondary N) is 1. The van der Waals surface area contributed by atoms with Gasteiger partial charge >= 0.3 is 0 Å². The van der Waals surface area contributed by atoms with E-state index in [1.165, 1.54) is 0 Å². The molecule has 4 nitrogen and oxygen atoms in total. The third-order valence-electron chi connectivity index (χ3n) is 3.13. The predicted molar refractivity (Wildman–Crippen MR) is 82.4 cm³/mol. The zero-order chi connectivity index (χ0) is 14.7. The van der Waals surface area contributed by atoms with E-state index in [9.17, 15) is 5.11 Å². The molecule has 0 amide bonds. The van der Waals surface area contributed by atoms with Gasteiger partial charge in [0.2, 0.25) is 0 Å². The van der Waals surface area contributed by atoms with Crippen molar-refractivity contribution < 1.29 is 5.11 Å². The van der Waals surface area contributed by atoms with Gasteiger partial charge in [-0.05, 0) is 38.5 Å². The Balaban J connectivity index is 2.55. The summed E-state index contributed by atoms with van der Waals surface area (Å²) in [5.74, 6) is 1.52. The van der Waals surface area contributed by atoms with Crippen LogP contribution in [-0.2, 0) is 6.42 Å². The first-order chi connectivity index (χ1) is 9.56. The maximum atomic E-state index is 9.49. The fourth-order valence-electron chi connectivity index (χ4n) is 2.02. The SMILES string of the molecule is CCNc1nc(-c2ccc(O)c(Cl)c2)nc(CC)c1C. The molecular formula is C15H18ClN3O. The van der Waals surface area contributed by atoms with Gasteiger partial charge in [-0.25, -0.2) is 9.97 Å². The van der Waals surface area contributed by atoms with Crippen molar-refractivity contribution in [1.29, 1.82) is 0 Å². The molecule has 1 aromatic heterocycles. The van der Waals surface area contributed by atoms with Crippen molar-refractivity contribution in [2.24, 2.45) is 0 Å². The van der Waals surface area contributed by atoms with Crippen LogP contribution in [0.4, 0.5) is 5.82 Å². The second-order valence-electron chi connectivity index (χ2n) is 4.52. The Morgan fingerprint density at radius 3 is 2.60 bits per heavy atom. The standard InChI is InChI=1S/C15H18ClN3O/c1-4-12-9(3)14(17-5-2)19-15(18-12)10-6-7-13(20)11(16)8-10/h6-8,20H,4-5H2,1-3H3,(H,17,18,19). The third-order valence-corrected chi connectivity index (χ3v) is 3.43. The predicted octanol–water partition coefficient (Wildman–Crippen LogP) is 3.81. The van der Waals surface area contributed by atoms with Crippen LogP contribution < -0.4 is 5.32 Å². The molecule has 20 heavy (non-hydrogen) atoms. The Bertz CT molecular complexity index is 629. The summed E-state index contributed by atoms with van der Waals surface area (Å²) >= 11 is 5.95. The molecule has 0 saturated heterocycles. The lowest BCUT2D eigenvalue weighted by Gasteiger charge is -2.12. The third kappa shape index (κ3) is 2.85. The molecular weight excluding hydrogens is 274 g/mol. The van der Waals surface area contributed by atoms with E-state index in [1.807, 2.05) is 13.8 Å². The van der Waals surface area contributed by atoms with E-state index in [-0.39, 0.29) is 5.75 Å². The Hall–Kier alpha value is -1.81. The quantitative estimate of drug-likeness (QED) is 0.899. The van der Waals surface area contributed by atoms with Gasteiger partial charge in [-0.1, -0.05) is 18.5 Å². The Morgan fingerprint density at radius 1 is 1.25 bits per heavy atom. The molecule has 2 aromatic rings. The molecule has 0 aliphatic rings. The summed E-state index contributed by atoms with van der Waals surface area (Å²) in [4.78, 5) is 9.13. The Kier molecular flexibility index (Phi) is 4.45. The smallest absolute Gasteiger partial charge is 0.161 e. The van der Waals surface area contributed by atoms with Crippen LogP contribution in [0.25, 0.3) is 11.4 Å². The van der Waals surface area contributed by atoms with Crippen LogP contribution in [0.5, 0.6) is 5.75 Å². The molecule has 1 heterocycles. The highest BCUT2D eigenvalue weighted by atomic mass is 35.5. The van der Waals surface area contributed by atoms with Crippen molar-refractivity contribution in [2.75, 3.05) is 11.9 Å². The summed E-state index contributed by atoms with van der Waals surface area (Å²) in [7, 11) is 0. The number of hydrogen-bond acceptors (Lipinski definition) is 4. The molecule has 0 bridgehead atoms. The number of hydrogen-bond donors (Lipinski definition) is 2. The highest BCUT2D eigenvalue weighted by Crippen LogP contribution is 2.29. The first-order valence-electron chi connectivity index (χ1n) is 6.67. The molecule has 0 aliphatic carbocycles. The normalized spacial score (nSPS) is 10.6. The molecule has 0 unspecified atom stereocenters. The van der Waals surface area contributed by atoms with E-state index in [0.29, 0.717) is 10.8 Å². The number of anilines is 1. The molecule has 5 heteroatoms. The van der Waals surface area contributed by atoms with Gasteiger partial charge in [0.05, 0.1) is 5.02 Å². The summed E-state index contributed by atoms with van der Waals surface area (Å²) in [6, 6.07) is 5.00. The lowest BCUT2D eigenvalue weighted by Crippen LogP contribution is -2.07. The summed E-state index contributed by atoms with van der Waals surface area (Å²) in [5, 5.41) is 13.0. The topological polar surface area (TPSA) is 58.0 Å². The largest absolute Gasteiger partial charge is 0.506 e. The number of rotatable bonds is 4. The molecule has 106 valence electrons. The number of aromatic hydroxyl groups is 1. The van der Waals surface area contributed by atoms with Crippen LogP contribution in [0, 0.1) is 6.92 Å². The number of benzene rings is 1. The first kappa shape index (κ1) is 14.6. The summed E-state index contributed by atoms with van der Waals surface area (Å²) in [5.41, 5.74) is 2.87. The van der Waals surface area contributed by atoms with Gasteiger partial charge in [-0.3, -0.25) is 0 Å². The van der Waals surface area contributed by atoms with Crippen LogP contribution in [-0.4, -0.2) is 21.6 Å². The van der Waals surface area contributed by atoms with E-state index in [4.69, 9.17) is 11.6 Å². The van der Waals surface area contributed by atoms with Crippen molar-refractivity contribution in [1.82, 2.24) is 9.97 Å². The van der Waals surface area contributed by atoms with Gasteiger partial charge in [-0.2, -0.15) is 0 Å². The fraction of sp³-hybridized carbons (Fsp3) is 0.333. The van der Waals surface area contributed by atoms with Crippen molar-refractivity contribution in [3.8, 4) is 17.1 Å². The van der Waals surface area contributed by atoms with Gasteiger partial charge in [0.25, 0.3) is 0 Å². The van der Waals surface area contributed by atoms with Crippen molar-refractivity contribution in [2.45, 2.75) is 27.2 Å². The van der Waals surface area contributed by atoms with Gasteiger partial charge in [0.1, 0.15) is 11.6 Å². The molecule has 0 saturated carbocycles. The second-order valence-corrected chi connectivity index (χ2v) is 4.92. The zero-order valence-corrected chi connectivity index (χ0v) is 12.6. The summed E-state index contributed by atoms with van der Waals surface area (Å²) in [6.07, 6.45) is 0.839. The maximum absolute atomic E-state index is 9.49. The Labute approximate surface area is 123 Å². The van der Waals surface area contributed by atoms with E-state index in [0.717, 1.165) is 35.6 Å². The fourth-order valence-corrected chi connectivity index (χ4v) is 2.20. The average Bonchev–Trinajstić information content (AvgIpc) is 2.44. The minimum absolute atomic E-state index is 0.0603. The lowest BCUT2D eigenvalue weighted by molar-refractivity contribution is 0.475. The minimum atomic E-state index is 0.0603. The summed E-state index contributed by atoms with van der Waals surface area (Å²) < 4.78 is 0. The minimum Gasteiger partial charge on any atom is -0.506 e. The highest BCUT2D eigenvalue weighted by Gasteiger charge is 2.11. The molecule has 0 spiro atoms. The number of aromatic nitrogens is 2. The lowest BCUT2D eigenvalue weighted by atomic mass is 10.1. The van der Waals surface area contributed by atoms with E-state index >= 15 is 0 Å². The second kappa shape index (κ2) is 6.09. The van der Waals surface area contributed by atoms with Crippen LogP contribution >= 0.6 is 11.6 Å². The number of phenolic OH excluding ortho intramolecular Hbond substituents is 1. The highest BCUT2D eigenvalue weighted by molar-refractivity contribution is 6.32. The van der Waals surface area contributed by atoms with Crippen molar-refractivity contribution >= 4 is 17.4 Å². The number of nitrogens with zero attached hydrogens (tertiary/aromatic N) is 2. The first-order valence-corrected chi connectivity index (χ1v) is 7.04. The number of aryl methyl sites for hydroxylation is 1. The van der Waals surface area contributed by atoms with Gasteiger partial charge in [0.15, 0.2) is 5.82 Å². The van der Waals surface area contributed by atoms with Crippen LogP contribution in [0.1, 0.15) is 25.1 Å². The molecule has 0 fully saturated rings. The molecule has 0 atom stereocenters. The van der Waals surface area contributed by atoms with E-state index < -0.39 is 0 Å². The van der Waals surface area contributed by atoms with Gasteiger partial charge < -0.3 is 10.4 Å². The summed E-state index contributed by atoms with van der Waals surface area (Å²) in [6.45, 7) is 6.92. The van der Waals surface area contributed by atoms with E-state index in [1.54, 1.807) is 18.2 Å². The van der Waals surface area contributed by atoms with Crippen LogP contribution in [0.2, 0.25) is 5.02 Å². The van der Waals surface area contributed by atoms with Crippen molar-refractivity contribution in [3.05, 3.63) is 34.5 Å². The van der Waals surface area contributed by atoms with Crippen LogP contribution in [0.3, 0.4) is 0 Å². The molecule has 2 N–H and O–H groups in total. The van der Waals surface area contributed by atoms with Gasteiger partial charge in [-0.15, -0.1) is 0 Å². The van der Waals surface area contributed by atoms with Crippen LogP contribution in [0.15, 0.2) is 18.2 Å². The van der Waals surface area contributed by atoms with E-state index in [2.05, 4.69) is 22.2 Å². The van der Waals surface area contributed by atoms with Gasteiger partial charge in [0, 0.05) is 23.4 Å². The molecule has 0 radical (unpaired) electrons. The molecule has 0 aliphatic heterocycles. The maximum Gasteiger partial charge on any atom is 0.161 e. The monoisotopic (exact) mass is 291 g/mol. The molecule has 1 aromatic carbocycles. The average molecular weight is 292 g/mol.